The highest BCUT2D eigenvalue weighted by molar-refractivity contribution is 5.80. The molecule has 0 aromatic heterocycles. The summed E-state index contributed by atoms with van der Waals surface area (Å²) < 4.78 is 4.77. The number of Topliss-reactive ketones (excluding diaryl/α,β-unsaturated/α-hetero) is 1. The van der Waals surface area contributed by atoms with Gasteiger partial charge in [0.25, 0.3) is 0 Å². The lowest BCUT2D eigenvalue weighted by Gasteiger charge is -2.03. The smallest absolute Gasteiger partial charge is 0.305 e. The fourth-order valence-electron chi connectivity index (χ4n) is 1.09. The first-order valence-corrected chi connectivity index (χ1v) is 5.26. The van der Waals surface area contributed by atoms with E-state index in [0.717, 1.165) is 12.8 Å². The molecule has 0 bridgehead atoms. The third-order valence-corrected chi connectivity index (χ3v) is 2.00. The minimum Gasteiger partial charge on any atom is -0.466 e. The Labute approximate surface area is 85.8 Å². The predicted octanol–water partition coefficient (Wildman–Crippen LogP) is 2.33. The molecule has 0 aliphatic heterocycles. The molecule has 0 aliphatic carbocycles. The lowest BCUT2D eigenvalue weighted by Crippen LogP contribution is -2.07. The van der Waals surface area contributed by atoms with Crippen molar-refractivity contribution in [1.82, 2.24) is 0 Å². The molecule has 0 aromatic rings. The lowest BCUT2D eigenvalue weighted by molar-refractivity contribution is -0.143. The van der Waals surface area contributed by atoms with Crippen molar-refractivity contribution in [2.75, 3.05) is 6.61 Å². The summed E-state index contributed by atoms with van der Waals surface area (Å²) in [6.45, 7) is 6.02. The van der Waals surface area contributed by atoms with Gasteiger partial charge in [0, 0.05) is 18.8 Å². The number of ether oxygens (including phenoxy) is 1. The van der Waals surface area contributed by atoms with Gasteiger partial charge in [-0.2, -0.15) is 0 Å². The molecule has 0 amide bonds. The first kappa shape index (κ1) is 13.1. The zero-order chi connectivity index (χ0) is 11.0. The number of hydrogen-bond donors (Lipinski definition) is 0. The summed E-state index contributed by atoms with van der Waals surface area (Å²) in [5.74, 6) is 0.218. The molecule has 82 valence electrons. The maximum absolute atomic E-state index is 11.2. The van der Waals surface area contributed by atoms with Crippen LogP contribution in [0.3, 0.4) is 0 Å². The Morgan fingerprint density at radius 1 is 1.14 bits per heavy atom. The van der Waals surface area contributed by atoms with Crippen molar-refractivity contribution in [2.45, 2.75) is 46.5 Å². The average molecular weight is 200 g/mol. The summed E-state index contributed by atoms with van der Waals surface area (Å²) in [6.07, 6.45) is 2.55. The highest BCUT2D eigenvalue weighted by atomic mass is 16.5. The Balaban J connectivity index is 3.38. The molecule has 0 aromatic carbocycles. The van der Waals surface area contributed by atoms with E-state index in [1.165, 1.54) is 0 Å². The quantitative estimate of drug-likeness (QED) is 0.468. The van der Waals surface area contributed by atoms with Crippen LogP contribution in [0.1, 0.15) is 46.5 Å². The molecule has 14 heavy (non-hydrogen) atoms. The van der Waals surface area contributed by atoms with E-state index >= 15 is 0 Å². The maximum atomic E-state index is 11.2. The third kappa shape index (κ3) is 6.63. The van der Waals surface area contributed by atoms with E-state index in [0.29, 0.717) is 19.4 Å². The molecule has 0 saturated carbocycles. The maximum Gasteiger partial charge on any atom is 0.305 e. The van der Waals surface area contributed by atoms with Gasteiger partial charge in [0.2, 0.25) is 0 Å². The average Bonchev–Trinajstić information content (AvgIpc) is 2.12. The van der Waals surface area contributed by atoms with Gasteiger partial charge < -0.3 is 4.74 Å². The summed E-state index contributed by atoms with van der Waals surface area (Å²) in [5.41, 5.74) is 0. The number of rotatable bonds is 7. The monoisotopic (exact) mass is 200 g/mol. The SMILES string of the molecule is CCOC(=O)CCCCC(=O)C(C)C. The van der Waals surface area contributed by atoms with Crippen LogP contribution in [-0.2, 0) is 14.3 Å². The molecule has 0 rings (SSSR count). The van der Waals surface area contributed by atoms with Crippen LogP contribution in [0.2, 0.25) is 0 Å². The molecular formula is C11H20O3. The molecule has 0 radical (unpaired) electrons. The molecule has 0 unspecified atom stereocenters. The standard InChI is InChI=1S/C11H20O3/c1-4-14-11(13)8-6-5-7-10(12)9(2)3/h9H,4-8H2,1-3H3. The van der Waals surface area contributed by atoms with Crippen LogP contribution in [0.25, 0.3) is 0 Å². The van der Waals surface area contributed by atoms with E-state index in [-0.39, 0.29) is 17.7 Å². The minimum atomic E-state index is -0.163. The van der Waals surface area contributed by atoms with Crippen LogP contribution in [0.15, 0.2) is 0 Å². The van der Waals surface area contributed by atoms with Crippen LogP contribution < -0.4 is 0 Å². The normalized spacial score (nSPS) is 10.3. The van der Waals surface area contributed by atoms with Crippen molar-refractivity contribution in [3.05, 3.63) is 0 Å². The van der Waals surface area contributed by atoms with E-state index in [4.69, 9.17) is 4.74 Å². The number of esters is 1. The van der Waals surface area contributed by atoms with Gasteiger partial charge in [-0.05, 0) is 19.8 Å². The van der Waals surface area contributed by atoms with Crippen LogP contribution >= 0.6 is 0 Å². The fourth-order valence-corrected chi connectivity index (χ4v) is 1.09. The van der Waals surface area contributed by atoms with Gasteiger partial charge >= 0.3 is 5.97 Å². The highest BCUT2D eigenvalue weighted by Crippen LogP contribution is 2.06. The van der Waals surface area contributed by atoms with Gasteiger partial charge in [0.05, 0.1) is 6.61 Å². The van der Waals surface area contributed by atoms with Crippen molar-refractivity contribution < 1.29 is 14.3 Å². The van der Waals surface area contributed by atoms with Crippen LogP contribution in [0.4, 0.5) is 0 Å². The summed E-state index contributed by atoms with van der Waals surface area (Å²) in [6, 6.07) is 0. The van der Waals surface area contributed by atoms with Crippen molar-refractivity contribution in [2.24, 2.45) is 5.92 Å². The van der Waals surface area contributed by atoms with Gasteiger partial charge in [0.15, 0.2) is 0 Å². The summed E-state index contributed by atoms with van der Waals surface area (Å²) in [4.78, 5) is 22.1. The molecule has 0 spiro atoms. The molecule has 0 atom stereocenters. The second kappa shape index (κ2) is 7.54. The third-order valence-electron chi connectivity index (χ3n) is 2.00. The molecule has 0 saturated heterocycles. The van der Waals surface area contributed by atoms with E-state index in [2.05, 4.69) is 0 Å². The van der Waals surface area contributed by atoms with E-state index in [9.17, 15) is 9.59 Å². The second-order valence-electron chi connectivity index (χ2n) is 3.63. The van der Waals surface area contributed by atoms with E-state index in [1.807, 2.05) is 13.8 Å². The lowest BCUT2D eigenvalue weighted by atomic mass is 10.0. The molecule has 0 heterocycles. The Hall–Kier alpha value is -0.860. The Kier molecular flexibility index (Phi) is 7.07. The van der Waals surface area contributed by atoms with Crippen molar-refractivity contribution >= 4 is 11.8 Å². The second-order valence-corrected chi connectivity index (χ2v) is 3.63. The summed E-state index contributed by atoms with van der Waals surface area (Å²) in [5, 5.41) is 0. The first-order chi connectivity index (χ1) is 6.57. The molecule has 3 nitrogen and oxygen atoms in total. The van der Waals surface area contributed by atoms with Crippen molar-refractivity contribution in [1.29, 1.82) is 0 Å². The van der Waals surface area contributed by atoms with Gasteiger partial charge in [-0.25, -0.2) is 0 Å². The number of carbonyl (C=O) groups is 2. The number of ketones is 1. The summed E-state index contributed by atoms with van der Waals surface area (Å²) in [7, 11) is 0. The highest BCUT2D eigenvalue weighted by Gasteiger charge is 2.07. The van der Waals surface area contributed by atoms with Crippen molar-refractivity contribution in [3.8, 4) is 0 Å². The largest absolute Gasteiger partial charge is 0.466 e. The van der Waals surface area contributed by atoms with Gasteiger partial charge in [-0.3, -0.25) is 9.59 Å². The van der Waals surface area contributed by atoms with Crippen LogP contribution in [0.5, 0.6) is 0 Å². The zero-order valence-corrected chi connectivity index (χ0v) is 9.34. The van der Waals surface area contributed by atoms with Gasteiger partial charge in [-0.15, -0.1) is 0 Å². The van der Waals surface area contributed by atoms with E-state index in [1.54, 1.807) is 6.92 Å². The Morgan fingerprint density at radius 2 is 1.71 bits per heavy atom. The zero-order valence-electron chi connectivity index (χ0n) is 9.34. The molecule has 0 N–H and O–H groups in total. The number of hydrogen-bond acceptors (Lipinski definition) is 3. The van der Waals surface area contributed by atoms with Gasteiger partial charge in [0.1, 0.15) is 5.78 Å². The summed E-state index contributed by atoms with van der Waals surface area (Å²) >= 11 is 0. The topological polar surface area (TPSA) is 43.4 Å². The molecule has 0 aliphatic rings. The molecular weight excluding hydrogens is 180 g/mol. The molecule has 0 fully saturated rings. The van der Waals surface area contributed by atoms with Crippen molar-refractivity contribution in [3.63, 3.8) is 0 Å². The number of carbonyl (C=O) groups excluding carboxylic acids is 2. The minimum absolute atomic E-state index is 0.109. The van der Waals surface area contributed by atoms with Crippen LogP contribution in [0, 0.1) is 5.92 Å². The Bertz CT molecular complexity index is 185. The van der Waals surface area contributed by atoms with Crippen LogP contribution in [-0.4, -0.2) is 18.4 Å². The fraction of sp³-hybridized carbons (Fsp3) is 0.818. The first-order valence-electron chi connectivity index (χ1n) is 5.26. The van der Waals surface area contributed by atoms with Gasteiger partial charge in [-0.1, -0.05) is 13.8 Å². The Morgan fingerprint density at radius 3 is 2.21 bits per heavy atom. The number of unbranched alkanes of at least 4 members (excludes halogenated alkanes) is 1. The molecule has 3 heteroatoms. The van der Waals surface area contributed by atoms with E-state index < -0.39 is 0 Å². The predicted molar refractivity (Wildman–Crippen MR) is 54.9 cm³/mol.